The highest BCUT2D eigenvalue weighted by atomic mass is 79.9. The van der Waals surface area contributed by atoms with Crippen molar-refractivity contribution >= 4 is 15.9 Å². The van der Waals surface area contributed by atoms with Crippen molar-refractivity contribution in [3.8, 4) is 5.75 Å². The van der Waals surface area contributed by atoms with E-state index in [0.717, 1.165) is 16.8 Å². The van der Waals surface area contributed by atoms with E-state index < -0.39 is 0 Å². The van der Waals surface area contributed by atoms with Crippen molar-refractivity contribution < 1.29 is 9.84 Å². The first-order valence-corrected chi connectivity index (χ1v) is 6.55. The minimum atomic E-state index is 0.180. The highest BCUT2D eigenvalue weighted by molar-refractivity contribution is 9.10. The lowest BCUT2D eigenvalue weighted by molar-refractivity contribution is 0.159. The lowest BCUT2D eigenvalue weighted by atomic mass is 10.2. The maximum Gasteiger partial charge on any atom is 0.119 e. The fourth-order valence-corrected chi connectivity index (χ4v) is 2.04. The molecule has 0 amide bonds. The zero-order valence-corrected chi connectivity index (χ0v) is 12.2. The van der Waals surface area contributed by atoms with Gasteiger partial charge in [-0.1, -0.05) is 15.9 Å². The van der Waals surface area contributed by atoms with Crippen LogP contribution in [0.3, 0.4) is 0 Å². The summed E-state index contributed by atoms with van der Waals surface area (Å²) in [7, 11) is 1.67. The van der Waals surface area contributed by atoms with Gasteiger partial charge in [0.05, 0.1) is 13.7 Å². The number of aliphatic hydroxyl groups excluding tert-OH is 1. The van der Waals surface area contributed by atoms with Gasteiger partial charge in [-0.25, -0.2) is 0 Å². The van der Waals surface area contributed by atoms with Gasteiger partial charge in [0.1, 0.15) is 5.75 Å². The Morgan fingerprint density at radius 2 is 2.12 bits per heavy atom. The Bertz CT molecular complexity index is 355. The van der Waals surface area contributed by atoms with Gasteiger partial charge in [0, 0.05) is 23.6 Å². The van der Waals surface area contributed by atoms with Crippen molar-refractivity contribution in [3.63, 3.8) is 0 Å². The molecule has 0 aliphatic carbocycles. The molecule has 1 aromatic rings. The second-order valence-corrected chi connectivity index (χ2v) is 5.10. The second kappa shape index (κ2) is 6.99. The molecule has 0 aliphatic heterocycles. The van der Waals surface area contributed by atoms with Gasteiger partial charge in [-0.2, -0.15) is 0 Å². The summed E-state index contributed by atoms with van der Waals surface area (Å²) in [5, 5.41) is 9.06. The van der Waals surface area contributed by atoms with Crippen LogP contribution in [0.4, 0.5) is 0 Å². The van der Waals surface area contributed by atoms with Crippen molar-refractivity contribution in [2.75, 3.05) is 20.3 Å². The summed E-state index contributed by atoms with van der Waals surface area (Å²) in [5.74, 6) is 0.857. The molecule has 0 spiro atoms. The number of rotatable bonds is 6. The lowest BCUT2D eigenvalue weighted by Gasteiger charge is -2.26. The SMILES string of the molecule is COc1ccc(Br)c(CN(CCO)C(C)C)c1. The molecule has 1 N–H and O–H groups in total. The first-order chi connectivity index (χ1) is 8.08. The highest BCUT2D eigenvalue weighted by Crippen LogP contribution is 2.24. The van der Waals surface area contributed by atoms with Gasteiger partial charge in [-0.15, -0.1) is 0 Å². The molecule has 4 heteroatoms. The highest BCUT2D eigenvalue weighted by Gasteiger charge is 2.12. The molecule has 0 bridgehead atoms. The minimum Gasteiger partial charge on any atom is -0.497 e. The number of hydrogen-bond donors (Lipinski definition) is 1. The van der Waals surface area contributed by atoms with Crippen LogP contribution >= 0.6 is 15.9 Å². The third-order valence-corrected chi connectivity index (χ3v) is 3.52. The first kappa shape index (κ1) is 14.5. The number of methoxy groups -OCH3 is 1. The fraction of sp³-hybridized carbons (Fsp3) is 0.538. The molecule has 0 fully saturated rings. The average Bonchev–Trinajstić information content (AvgIpc) is 2.31. The zero-order valence-electron chi connectivity index (χ0n) is 10.6. The molecule has 0 atom stereocenters. The van der Waals surface area contributed by atoms with Gasteiger partial charge >= 0.3 is 0 Å². The van der Waals surface area contributed by atoms with E-state index in [1.165, 1.54) is 5.56 Å². The van der Waals surface area contributed by atoms with E-state index in [1.807, 2.05) is 18.2 Å². The molecule has 96 valence electrons. The van der Waals surface area contributed by atoms with Crippen LogP contribution in [0.5, 0.6) is 5.75 Å². The number of aliphatic hydroxyl groups is 1. The topological polar surface area (TPSA) is 32.7 Å². The smallest absolute Gasteiger partial charge is 0.119 e. The molecule has 0 saturated heterocycles. The third kappa shape index (κ3) is 4.30. The van der Waals surface area contributed by atoms with E-state index in [1.54, 1.807) is 7.11 Å². The number of halogens is 1. The van der Waals surface area contributed by atoms with E-state index in [-0.39, 0.29) is 6.61 Å². The Labute approximate surface area is 112 Å². The van der Waals surface area contributed by atoms with Crippen LogP contribution in [-0.4, -0.2) is 36.3 Å². The Balaban J connectivity index is 2.84. The Morgan fingerprint density at radius 3 is 2.65 bits per heavy atom. The van der Waals surface area contributed by atoms with Crippen molar-refractivity contribution in [2.24, 2.45) is 0 Å². The van der Waals surface area contributed by atoms with Crippen LogP contribution in [-0.2, 0) is 6.54 Å². The quantitative estimate of drug-likeness (QED) is 0.877. The van der Waals surface area contributed by atoms with E-state index in [0.29, 0.717) is 12.6 Å². The van der Waals surface area contributed by atoms with Crippen LogP contribution in [0.15, 0.2) is 22.7 Å². The molecular formula is C13H20BrNO2. The molecule has 0 unspecified atom stereocenters. The Kier molecular flexibility index (Phi) is 5.95. The summed E-state index contributed by atoms with van der Waals surface area (Å²) < 4.78 is 6.29. The molecular weight excluding hydrogens is 282 g/mol. The molecule has 0 radical (unpaired) electrons. The Hall–Kier alpha value is -0.580. The Morgan fingerprint density at radius 1 is 1.41 bits per heavy atom. The summed E-state index contributed by atoms with van der Waals surface area (Å²) in [6, 6.07) is 6.35. The fourth-order valence-electron chi connectivity index (χ4n) is 1.67. The molecule has 0 aromatic heterocycles. The van der Waals surface area contributed by atoms with E-state index in [2.05, 4.69) is 34.7 Å². The summed E-state index contributed by atoms with van der Waals surface area (Å²) in [5.41, 5.74) is 1.17. The van der Waals surface area contributed by atoms with Crippen molar-refractivity contribution in [1.29, 1.82) is 0 Å². The third-order valence-electron chi connectivity index (χ3n) is 2.74. The minimum absolute atomic E-state index is 0.180. The molecule has 0 heterocycles. The standard InChI is InChI=1S/C13H20BrNO2/c1-10(2)15(6-7-16)9-11-8-12(17-3)4-5-13(11)14/h4-5,8,10,16H,6-7,9H2,1-3H3. The number of ether oxygens (including phenoxy) is 1. The first-order valence-electron chi connectivity index (χ1n) is 5.75. The average molecular weight is 302 g/mol. The molecule has 0 saturated carbocycles. The molecule has 1 aromatic carbocycles. The normalized spacial score (nSPS) is 11.2. The van der Waals surface area contributed by atoms with E-state index >= 15 is 0 Å². The van der Waals surface area contributed by atoms with E-state index in [4.69, 9.17) is 9.84 Å². The van der Waals surface area contributed by atoms with Crippen LogP contribution in [0.25, 0.3) is 0 Å². The molecule has 3 nitrogen and oxygen atoms in total. The maximum absolute atomic E-state index is 9.06. The van der Waals surface area contributed by atoms with Gasteiger partial charge in [-0.3, -0.25) is 4.90 Å². The summed E-state index contributed by atoms with van der Waals surface area (Å²) >= 11 is 3.54. The van der Waals surface area contributed by atoms with Crippen LogP contribution in [0, 0.1) is 0 Å². The van der Waals surface area contributed by atoms with Gasteiger partial charge in [0.15, 0.2) is 0 Å². The largest absolute Gasteiger partial charge is 0.497 e. The van der Waals surface area contributed by atoms with Crippen molar-refractivity contribution in [3.05, 3.63) is 28.2 Å². The monoisotopic (exact) mass is 301 g/mol. The molecule has 17 heavy (non-hydrogen) atoms. The number of hydrogen-bond acceptors (Lipinski definition) is 3. The summed E-state index contributed by atoms with van der Waals surface area (Å²) in [4.78, 5) is 2.22. The lowest BCUT2D eigenvalue weighted by Crippen LogP contribution is -2.33. The van der Waals surface area contributed by atoms with Gasteiger partial charge in [0.2, 0.25) is 0 Å². The zero-order chi connectivity index (χ0) is 12.8. The number of nitrogens with zero attached hydrogens (tertiary/aromatic N) is 1. The maximum atomic E-state index is 9.06. The predicted molar refractivity (Wildman–Crippen MR) is 73.3 cm³/mol. The van der Waals surface area contributed by atoms with Gasteiger partial charge in [0.25, 0.3) is 0 Å². The van der Waals surface area contributed by atoms with Gasteiger partial charge in [-0.05, 0) is 37.6 Å². The number of benzene rings is 1. The predicted octanol–water partition coefficient (Wildman–Crippen LogP) is 2.66. The van der Waals surface area contributed by atoms with E-state index in [9.17, 15) is 0 Å². The molecule has 1 rings (SSSR count). The summed E-state index contributed by atoms with van der Waals surface area (Å²) in [6.45, 7) is 5.92. The van der Waals surface area contributed by atoms with Crippen molar-refractivity contribution in [1.82, 2.24) is 4.90 Å². The molecule has 0 aliphatic rings. The van der Waals surface area contributed by atoms with Gasteiger partial charge < -0.3 is 9.84 Å². The van der Waals surface area contributed by atoms with Crippen LogP contribution in [0.2, 0.25) is 0 Å². The van der Waals surface area contributed by atoms with Crippen molar-refractivity contribution in [2.45, 2.75) is 26.4 Å². The summed E-state index contributed by atoms with van der Waals surface area (Å²) in [6.07, 6.45) is 0. The van der Waals surface area contributed by atoms with Crippen LogP contribution < -0.4 is 4.74 Å². The second-order valence-electron chi connectivity index (χ2n) is 4.25. The van der Waals surface area contributed by atoms with Crippen LogP contribution in [0.1, 0.15) is 19.4 Å².